The van der Waals surface area contributed by atoms with Gasteiger partial charge in [-0.15, -0.1) is 0 Å². The number of hydrogen-bond acceptors (Lipinski definition) is 5. The molecule has 160 valence electrons. The van der Waals surface area contributed by atoms with E-state index in [4.69, 9.17) is 26.6 Å². The van der Waals surface area contributed by atoms with Crippen LogP contribution in [0.25, 0.3) is 22.6 Å². The lowest BCUT2D eigenvalue weighted by Gasteiger charge is -2.12. The molecule has 0 saturated heterocycles. The third-order valence-electron chi connectivity index (χ3n) is 5.25. The number of halogens is 1. The fraction of sp³-hybridized carbons (Fsp3) is 0.200. The zero-order valence-electron chi connectivity index (χ0n) is 17.2. The summed E-state index contributed by atoms with van der Waals surface area (Å²) in [5.74, 6) is -0.991. The number of hydrogen-bond donors (Lipinski definition) is 1. The van der Waals surface area contributed by atoms with Crippen molar-refractivity contribution >= 4 is 46.0 Å². The molecule has 1 aliphatic rings. The largest absolute Gasteiger partial charge is 0.452 e. The number of nitrogens with one attached hydrogen (secondary N) is 1. The molecule has 0 bridgehead atoms. The normalized spacial score (nSPS) is 13.6. The van der Waals surface area contributed by atoms with E-state index < -0.39 is 18.5 Å². The number of fused-ring (bicyclic) bond motifs is 2. The van der Waals surface area contributed by atoms with Gasteiger partial charge >= 0.3 is 5.97 Å². The Kier molecular flexibility index (Phi) is 6.48. The van der Waals surface area contributed by atoms with Gasteiger partial charge in [0, 0.05) is 17.0 Å². The van der Waals surface area contributed by atoms with Crippen LogP contribution in [0.1, 0.15) is 40.0 Å². The summed E-state index contributed by atoms with van der Waals surface area (Å²) >= 11 is 5.99. The number of esters is 1. The second-order valence-corrected chi connectivity index (χ2v) is 7.82. The molecule has 32 heavy (non-hydrogen) atoms. The summed E-state index contributed by atoms with van der Waals surface area (Å²) in [7, 11) is 0. The molecule has 4 rings (SSSR count). The highest BCUT2D eigenvalue weighted by Gasteiger charge is 2.27. The number of aromatic nitrogens is 1. The van der Waals surface area contributed by atoms with E-state index in [0.29, 0.717) is 27.9 Å². The van der Waals surface area contributed by atoms with Crippen LogP contribution in [0.15, 0.2) is 48.5 Å². The van der Waals surface area contributed by atoms with E-state index in [1.807, 2.05) is 54.6 Å². The van der Waals surface area contributed by atoms with E-state index >= 15 is 0 Å². The predicted octanol–water partition coefficient (Wildman–Crippen LogP) is 4.56. The van der Waals surface area contributed by atoms with Crippen molar-refractivity contribution in [3.63, 3.8) is 0 Å². The number of nitrogens with zero attached hydrogens (tertiary/aromatic N) is 2. The maximum Gasteiger partial charge on any atom is 0.339 e. The van der Waals surface area contributed by atoms with Gasteiger partial charge in [0.25, 0.3) is 5.91 Å². The Hall–Kier alpha value is -3.69. The van der Waals surface area contributed by atoms with Gasteiger partial charge in [0.2, 0.25) is 0 Å². The average Bonchev–Trinajstić information content (AvgIpc) is 3.19. The number of nitriles is 1. The van der Waals surface area contributed by atoms with Crippen LogP contribution in [-0.2, 0) is 16.0 Å². The molecule has 1 N–H and O–H groups in total. The Balaban J connectivity index is 1.66. The molecule has 3 aromatic rings. The van der Waals surface area contributed by atoms with Crippen LogP contribution >= 0.6 is 11.6 Å². The number of carbonyl (C=O) groups is 2. The molecular weight excluding hydrogens is 426 g/mol. The van der Waals surface area contributed by atoms with Gasteiger partial charge in [-0.05, 0) is 53.8 Å². The molecule has 0 atom stereocenters. The molecular formula is C25H20ClN3O3. The number of carbonyl (C=O) groups excluding carboxylic acids is 2. The van der Waals surface area contributed by atoms with Gasteiger partial charge in [-0.2, -0.15) is 5.26 Å². The second kappa shape index (κ2) is 9.63. The summed E-state index contributed by atoms with van der Waals surface area (Å²) in [6.07, 6.45) is 3.66. The second-order valence-electron chi connectivity index (χ2n) is 7.39. The molecule has 0 unspecified atom stereocenters. The number of pyridine rings is 1. The highest BCUT2D eigenvalue weighted by molar-refractivity contribution is 6.30. The lowest BCUT2D eigenvalue weighted by atomic mass is 10.0. The highest BCUT2D eigenvalue weighted by Crippen LogP contribution is 2.37. The number of para-hydroxylation sites is 1. The van der Waals surface area contributed by atoms with Crippen molar-refractivity contribution in [1.82, 2.24) is 10.3 Å². The number of benzene rings is 2. The van der Waals surface area contributed by atoms with Crippen LogP contribution in [0, 0.1) is 11.3 Å². The molecule has 0 fully saturated rings. The van der Waals surface area contributed by atoms with Gasteiger partial charge in [-0.3, -0.25) is 4.79 Å². The number of amides is 1. The molecule has 7 heteroatoms. The van der Waals surface area contributed by atoms with Gasteiger partial charge in [0.15, 0.2) is 6.61 Å². The van der Waals surface area contributed by atoms with Crippen LogP contribution in [0.5, 0.6) is 0 Å². The highest BCUT2D eigenvalue weighted by atomic mass is 35.5. The summed E-state index contributed by atoms with van der Waals surface area (Å²) in [6.45, 7) is -0.178. The van der Waals surface area contributed by atoms with E-state index in [1.165, 1.54) is 0 Å². The Labute approximate surface area is 190 Å². The van der Waals surface area contributed by atoms with Crippen molar-refractivity contribution in [1.29, 1.82) is 5.26 Å². The van der Waals surface area contributed by atoms with Gasteiger partial charge in [0.05, 0.1) is 29.3 Å². The van der Waals surface area contributed by atoms with Gasteiger partial charge in [-0.1, -0.05) is 41.9 Å². The van der Waals surface area contributed by atoms with E-state index in [-0.39, 0.29) is 13.0 Å². The van der Waals surface area contributed by atoms with Gasteiger partial charge < -0.3 is 10.1 Å². The zero-order valence-corrected chi connectivity index (χ0v) is 18.0. The van der Waals surface area contributed by atoms with Crippen molar-refractivity contribution in [2.45, 2.75) is 19.3 Å². The smallest absolute Gasteiger partial charge is 0.339 e. The van der Waals surface area contributed by atoms with E-state index in [1.54, 1.807) is 0 Å². The Morgan fingerprint density at radius 1 is 1.16 bits per heavy atom. The lowest BCUT2D eigenvalue weighted by molar-refractivity contribution is -0.124. The van der Waals surface area contributed by atoms with Crippen molar-refractivity contribution in [3.8, 4) is 6.07 Å². The average molecular weight is 446 g/mol. The Bertz CT molecular complexity index is 1260. The van der Waals surface area contributed by atoms with Crippen molar-refractivity contribution in [2.24, 2.45) is 0 Å². The molecule has 0 spiro atoms. The summed E-state index contributed by atoms with van der Waals surface area (Å²) in [5.41, 5.74) is 4.81. The first-order chi connectivity index (χ1) is 15.6. The van der Waals surface area contributed by atoms with Crippen LogP contribution in [0.2, 0.25) is 5.02 Å². The van der Waals surface area contributed by atoms with Crippen LogP contribution in [0.3, 0.4) is 0 Å². The summed E-state index contributed by atoms with van der Waals surface area (Å²) < 4.78 is 5.32. The first-order valence-electron chi connectivity index (χ1n) is 10.3. The van der Waals surface area contributed by atoms with Crippen molar-refractivity contribution in [3.05, 3.63) is 75.9 Å². The van der Waals surface area contributed by atoms with E-state index in [0.717, 1.165) is 28.8 Å². The fourth-order valence-electron chi connectivity index (χ4n) is 3.78. The number of rotatable bonds is 6. The lowest BCUT2D eigenvalue weighted by Crippen LogP contribution is -2.29. The molecule has 1 aromatic heterocycles. The maximum atomic E-state index is 13.0. The quantitative estimate of drug-likeness (QED) is 0.443. The van der Waals surface area contributed by atoms with Crippen molar-refractivity contribution < 1.29 is 14.3 Å². The van der Waals surface area contributed by atoms with E-state index in [2.05, 4.69) is 11.4 Å². The number of ether oxygens (including phenoxy) is 1. The molecule has 0 radical (unpaired) electrons. The Morgan fingerprint density at radius 3 is 2.72 bits per heavy atom. The first-order valence-corrected chi connectivity index (χ1v) is 10.6. The Morgan fingerprint density at radius 2 is 1.94 bits per heavy atom. The molecule has 6 nitrogen and oxygen atoms in total. The first kappa shape index (κ1) is 21.5. The standard InChI is InChI=1S/C25H20ClN3O3/c26-18-9-6-16(7-10-18)14-17-8-11-20-23(19-4-1-2-5-21(19)29-24(17)20)25(31)32-15-22(30)28-13-3-12-27/h1-2,4-7,9-10,14H,3,8,11,13,15H2,(H,28,30)/b17-14-. The van der Waals surface area contributed by atoms with Gasteiger partial charge in [0.1, 0.15) is 0 Å². The predicted molar refractivity (Wildman–Crippen MR) is 123 cm³/mol. The molecule has 1 heterocycles. The molecule has 1 amide bonds. The zero-order chi connectivity index (χ0) is 22.5. The van der Waals surface area contributed by atoms with Crippen LogP contribution in [-0.4, -0.2) is 30.0 Å². The topological polar surface area (TPSA) is 92.1 Å². The summed E-state index contributed by atoms with van der Waals surface area (Å²) in [4.78, 5) is 29.8. The molecule has 0 saturated carbocycles. The summed E-state index contributed by atoms with van der Waals surface area (Å²) in [6, 6.07) is 16.9. The van der Waals surface area contributed by atoms with Crippen LogP contribution in [0.4, 0.5) is 0 Å². The molecule has 1 aliphatic carbocycles. The minimum atomic E-state index is -0.553. The van der Waals surface area contributed by atoms with Gasteiger partial charge in [-0.25, -0.2) is 9.78 Å². The number of allylic oxidation sites excluding steroid dienone is 1. The molecule has 0 aliphatic heterocycles. The van der Waals surface area contributed by atoms with E-state index in [9.17, 15) is 9.59 Å². The monoisotopic (exact) mass is 445 g/mol. The van der Waals surface area contributed by atoms with Crippen molar-refractivity contribution in [2.75, 3.05) is 13.2 Å². The fourth-order valence-corrected chi connectivity index (χ4v) is 3.91. The summed E-state index contributed by atoms with van der Waals surface area (Å²) in [5, 5.41) is 12.5. The SMILES string of the molecule is N#CCCNC(=O)COC(=O)c1c2c(nc3ccccc13)/C(=C\c1ccc(Cl)cc1)CC2. The minimum absolute atomic E-state index is 0.199. The van der Waals surface area contributed by atoms with Crippen LogP contribution < -0.4 is 5.32 Å². The third-order valence-corrected chi connectivity index (χ3v) is 5.50. The minimum Gasteiger partial charge on any atom is -0.452 e. The third kappa shape index (κ3) is 4.63. The molecule has 2 aromatic carbocycles. The maximum absolute atomic E-state index is 13.0.